The Morgan fingerprint density at radius 1 is 1.16 bits per heavy atom. The van der Waals surface area contributed by atoms with Crippen LogP contribution in [0, 0.1) is 0 Å². The number of anilines is 1. The number of carbonyl (C=O) groups excluding carboxylic acids is 1. The van der Waals surface area contributed by atoms with E-state index in [1.54, 1.807) is 10.8 Å². The number of fused-ring (bicyclic) bond motifs is 1. The van der Waals surface area contributed by atoms with Gasteiger partial charge in [0.2, 0.25) is 5.91 Å². The van der Waals surface area contributed by atoms with Crippen LogP contribution in [0.1, 0.15) is 31.1 Å². The second kappa shape index (κ2) is 6.70. The molecule has 0 aliphatic carbocycles. The molecule has 8 heteroatoms. The molecule has 2 aromatic rings. The van der Waals surface area contributed by atoms with E-state index in [1.165, 1.54) is 0 Å². The van der Waals surface area contributed by atoms with Gasteiger partial charge in [-0.05, 0) is 25.0 Å². The molecule has 4 rings (SSSR count). The van der Waals surface area contributed by atoms with E-state index < -0.39 is 6.04 Å². The molecule has 0 aromatic carbocycles. The molecule has 8 nitrogen and oxygen atoms in total. The molecule has 1 N–H and O–H groups in total. The van der Waals surface area contributed by atoms with Gasteiger partial charge in [0.1, 0.15) is 17.7 Å². The molecule has 1 saturated heterocycles. The van der Waals surface area contributed by atoms with E-state index in [9.17, 15) is 9.59 Å². The number of amides is 1. The van der Waals surface area contributed by atoms with E-state index in [2.05, 4.69) is 20.1 Å². The molecule has 132 valence electrons. The van der Waals surface area contributed by atoms with Crippen molar-refractivity contribution in [2.45, 2.75) is 31.7 Å². The Hall–Kier alpha value is -2.64. The van der Waals surface area contributed by atoms with Gasteiger partial charge in [0.25, 0.3) is 0 Å². The second-order valence-corrected chi connectivity index (χ2v) is 6.58. The van der Waals surface area contributed by atoms with Gasteiger partial charge in [0, 0.05) is 38.8 Å². The van der Waals surface area contributed by atoms with Crippen LogP contribution in [-0.2, 0) is 11.2 Å². The van der Waals surface area contributed by atoms with Crippen molar-refractivity contribution in [2.75, 3.05) is 31.1 Å². The first-order valence-corrected chi connectivity index (χ1v) is 8.84. The van der Waals surface area contributed by atoms with Crippen molar-refractivity contribution >= 4 is 11.7 Å². The molecule has 1 fully saturated rings. The summed E-state index contributed by atoms with van der Waals surface area (Å²) < 4.78 is 1.57. The van der Waals surface area contributed by atoms with Crippen LogP contribution >= 0.6 is 0 Å². The molecule has 0 bridgehead atoms. The third kappa shape index (κ3) is 3.04. The SMILES string of the molecule is O=C(C1CCCCc2n[nH]c(=O)n21)N1CCN(c2ccccn2)CC1. The van der Waals surface area contributed by atoms with Crippen molar-refractivity contribution in [1.82, 2.24) is 24.6 Å². The van der Waals surface area contributed by atoms with E-state index in [-0.39, 0.29) is 11.6 Å². The second-order valence-electron chi connectivity index (χ2n) is 6.58. The average molecular weight is 342 g/mol. The monoisotopic (exact) mass is 342 g/mol. The summed E-state index contributed by atoms with van der Waals surface area (Å²) in [4.78, 5) is 33.6. The number of nitrogens with one attached hydrogen (secondary N) is 1. The smallest absolute Gasteiger partial charge is 0.344 e. The molecule has 25 heavy (non-hydrogen) atoms. The molecular weight excluding hydrogens is 320 g/mol. The summed E-state index contributed by atoms with van der Waals surface area (Å²) in [6, 6.07) is 5.43. The highest BCUT2D eigenvalue weighted by Crippen LogP contribution is 2.24. The van der Waals surface area contributed by atoms with E-state index in [0.29, 0.717) is 25.3 Å². The van der Waals surface area contributed by atoms with Gasteiger partial charge >= 0.3 is 5.69 Å². The van der Waals surface area contributed by atoms with E-state index >= 15 is 0 Å². The van der Waals surface area contributed by atoms with E-state index in [4.69, 9.17) is 0 Å². The van der Waals surface area contributed by atoms with Gasteiger partial charge in [-0.15, -0.1) is 0 Å². The maximum atomic E-state index is 13.1. The van der Waals surface area contributed by atoms with Crippen LogP contribution < -0.4 is 10.6 Å². The number of nitrogens with zero attached hydrogens (tertiary/aromatic N) is 5. The zero-order chi connectivity index (χ0) is 17.2. The summed E-state index contributed by atoms with van der Waals surface area (Å²) in [6.07, 6.45) is 5.13. The third-order valence-corrected chi connectivity index (χ3v) is 5.07. The van der Waals surface area contributed by atoms with Gasteiger partial charge in [0.15, 0.2) is 0 Å². The first-order chi connectivity index (χ1) is 12.2. The fourth-order valence-corrected chi connectivity index (χ4v) is 3.73. The fourth-order valence-electron chi connectivity index (χ4n) is 3.73. The molecule has 2 aliphatic rings. The van der Waals surface area contributed by atoms with Crippen LogP contribution in [0.25, 0.3) is 0 Å². The van der Waals surface area contributed by atoms with Crippen molar-refractivity contribution in [1.29, 1.82) is 0 Å². The Balaban J connectivity index is 1.47. The van der Waals surface area contributed by atoms with Gasteiger partial charge in [-0.2, -0.15) is 5.10 Å². The number of pyridine rings is 1. The number of carbonyl (C=O) groups is 1. The zero-order valence-electron chi connectivity index (χ0n) is 14.1. The van der Waals surface area contributed by atoms with Gasteiger partial charge in [-0.3, -0.25) is 9.36 Å². The number of hydrogen-bond acceptors (Lipinski definition) is 5. The highest BCUT2D eigenvalue weighted by molar-refractivity contribution is 5.81. The normalized spacial score (nSPS) is 20.9. The summed E-state index contributed by atoms with van der Waals surface area (Å²) in [6.45, 7) is 2.80. The Kier molecular flexibility index (Phi) is 4.25. The minimum absolute atomic E-state index is 0.0346. The number of H-pyrrole nitrogens is 1. The molecule has 4 heterocycles. The molecule has 0 saturated carbocycles. The molecule has 2 aromatic heterocycles. The molecule has 1 unspecified atom stereocenters. The summed E-state index contributed by atoms with van der Waals surface area (Å²) in [7, 11) is 0. The number of rotatable bonds is 2. The maximum absolute atomic E-state index is 13.1. The zero-order valence-corrected chi connectivity index (χ0v) is 14.1. The van der Waals surface area contributed by atoms with Crippen molar-refractivity contribution in [2.24, 2.45) is 0 Å². The molecule has 1 atom stereocenters. The minimum Gasteiger partial charge on any atom is -0.353 e. The van der Waals surface area contributed by atoms with Crippen molar-refractivity contribution in [3.05, 3.63) is 40.7 Å². The van der Waals surface area contributed by atoms with Gasteiger partial charge < -0.3 is 9.80 Å². The number of aryl methyl sites for hydroxylation is 1. The topological polar surface area (TPSA) is 87.1 Å². The quantitative estimate of drug-likeness (QED) is 0.863. The Morgan fingerprint density at radius 3 is 2.76 bits per heavy atom. The first-order valence-electron chi connectivity index (χ1n) is 8.84. The summed E-state index contributed by atoms with van der Waals surface area (Å²) in [5, 5.41) is 6.58. The Morgan fingerprint density at radius 2 is 2.00 bits per heavy atom. The fraction of sp³-hybridized carbons (Fsp3) is 0.529. The van der Waals surface area contributed by atoms with Crippen LogP contribution in [0.3, 0.4) is 0 Å². The minimum atomic E-state index is -0.426. The van der Waals surface area contributed by atoms with Crippen molar-refractivity contribution in [3.63, 3.8) is 0 Å². The molecule has 0 radical (unpaired) electrons. The lowest BCUT2D eigenvalue weighted by Gasteiger charge is -2.37. The summed E-state index contributed by atoms with van der Waals surface area (Å²) in [5.74, 6) is 1.68. The van der Waals surface area contributed by atoms with E-state index in [0.717, 1.165) is 38.2 Å². The average Bonchev–Trinajstić information content (AvgIpc) is 2.90. The predicted octanol–water partition coefficient (Wildman–Crippen LogP) is 0.583. The van der Waals surface area contributed by atoms with Crippen LogP contribution in [-0.4, -0.2) is 56.7 Å². The lowest BCUT2D eigenvalue weighted by atomic mass is 10.1. The predicted molar refractivity (Wildman–Crippen MR) is 92.5 cm³/mol. The van der Waals surface area contributed by atoms with Crippen LogP contribution in [0.15, 0.2) is 29.2 Å². The molecule has 2 aliphatic heterocycles. The largest absolute Gasteiger partial charge is 0.353 e. The Labute approximate surface area is 145 Å². The van der Waals surface area contributed by atoms with Crippen molar-refractivity contribution < 1.29 is 4.79 Å². The standard InChI is InChI=1S/C17H22N6O2/c24-16(13-5-1-2-7-15-19-20-17(25)23(13)15)22-11-9-21(10-12-22)14-6-3-4-8-18-14/h3-4,6,8,13H,1-2,5,7,9-12H2,(H,20,25). The van der Waals surface area contributed by atoms with Crippen molar-refractivity contribution in [3.8, 4) is 0 Å². The van der Waals surface area contributed by atoms with E-state index in [1.807, 2.05) is 23.1 Å². The van der Waals surface area contributed by atoms with Crippen LogP contribution in [0.5, 0.6) is 0 Å². The number of aromatic nitrogens is 4. The lowest BCUT2D eigenvalue weighted by molar-refractivity contribution is -0.135. The third-order valence-electron chi connectivity index (χ3n) is 5.07. The summed E-state index contributed by atoms with van der Waals surface area (Å²) in [5.41, 5.74) is -0.276. The number of aromatic amines is 1. The highest BCUT2D eigenvalue weighted by atomic mass is 16.2. The lowest BCUT2D eigenvalue weighted by Crippen LogP contribution is -2.51. The van der Waals surface area contributed by atoms with Gasteiger partial charge in [-0.1, -0.05) is 12.5 Å². The van der Waals surface area contributed by atoms with Crippen LogP contribution in [0.2, 0.25) is 0 Å². The van der Waals surface area contributed by atoms with Crippen LogP contribution in [0.4, 0.5) is 5.82 Å². The number of piperazine rings is 1. The molecular formula is C17H22N6O2. The Bertz CT molecular complexity index is 791. The maximum Gasteiger partial charge on any atom is 0.344 e. The van der Waals surface area contributed by atoms with Gasteiger partial charge in [0.05, 0.1) is 0 Å². The molecule has 0 spiro atoms. The summed E-state index contributed by atoms with van der Waals surface area (Å²) >= 11 is 0. The first kappa shape index (κ1) is 15.9. The molecule has 1 amide bonds. The highest BCUT2D eigenvalue weighted by Gasteiger charge is 2.32. The van der Waals surface area contributed by atoms with Gasteiger partial charge in [-0.25, -0.2) is 14.9 Å². The number of hydrogen-bond donors (Lipinski definition) is 1.